The molecular weight excluding hydrogens is 256 g/mol. The van der Waals surface area contributed by atoms with Crippen LogP contribution in [0.5, 0.6) is 0 Å². The Morgan fingerprint density at radius 2 is 2.13 bits per heavy atom. The van der Waals surface area contributed by atoms with Gasteiger partial charge in [-0.3, -0.25) is 0 Å². The molecule has 2 aromatic rings. The number of anilines is 1. The van der Waals surface area contributed by atoms with Gasteiger partial charge in [-0.1, -0.05) is 0 Å². The van der Waals surface area contributed by atoms with Crippen LogP contribution in [-0.4, -0.2) is 27.7 Å². The van der Waals surface area contributed by atoms with Gasteiger partial charge in [-0.05, 0) is 35.8 Å². The molecule has 0 amide bonds. The van der Waals surface area contributed by atoms with Crippen molar-refractivity contribution in [3.8, 4) is 0 Å². The minimum Gasteiger partial charge on any atom is -0.355 e. The van der Waals surface area contributed by atoms with E-state index in [1.54, 1.807) is 6.33 Å². The van der Waals surface area contributed by atoms with E-state index in [-0.39, 0.29) is 0 Å². The fraction of sp³-hybridized carbons (Fsp3) is 0.400. The lowest BCUT2D eigenvalue weighted by Gasteiger charge is -2.19. The highest BCUT2D eigenvalue weighted by atomic mass is 79.9. The predicted molar refractivity (Wildman–Crippen MR) is 64.2 cm³/mol. The Morgan fingerprint density at radius 1 is 1.40 bits per heavy atom. The van der Waals surface area contributed by atoms with E-state index >= 15 is 0 Å². The van der Waals surface area contributed by atoms with Crippen LogP contribution < -0.4 is 4.90 Å². The van der Waals surface area contributed by atoms with Crippen LogP contribution in [-0.2, 0) is 0 Å². The zero-order chi connectivity index (χ0) is 10.8. The first kappa shape index (κ1) is 10.4. The molecule has 80 valence electrons. The maximum absolute atomic E-state index is 4.34. The van der Waals surface area contributed by atoms with Gasteiger partial charge in [-0.25, -0.2) is 9.50 Å². The summed E-state index contributed by atoms with van der Waals surface area (Å²) < 4.78 is 2.86. The minimum absolute atomic E-state index is 0.950. The Morgan fingerprint density at radius 3 is 2.80 bits per heavy atom. The molecule has 0 spiro atoms. The molecule has 0 aromatic carbocycles. The maximum Gasteiger partial charge on any atom is 0.156 e. The van der Waals surface area contributed by atoms with Crippen molar-refractivity contribution in [3.63, 3.8) is 0 Å². The lowest BCUT2D eigenvalue weighted by Crippen LogP contribution is -2.23. The second-order valence-electron chi connectivity index (χ2n) is 3.24. The van der Waals surface area contributed by atoms with Gasteiger partial charge in [0.2, 0.25) is 0 Å². The fourth-order valence-electron chi connectivity index (χ4n) is 1.65. The van der Waals surface area contributed by atoms with Crippen molar-refractivity contribution >= 4 is 27.3 Å². The smallest absolute Gasteiger partial charge is 0.156 e. The van der Waals surface area contributed by atoms with E-state index in [4.69, 9.17) is 0 Å². The predicted octanol–water partition coefficient (Wildman–Crippen LogP) is 2.34. The normalized spacial score (nSPS) is 10.9. The average molecular weight is 269 g/mol. The molecule has 0 atom stereocenters. The SMILES string of the molecule is CCN(CC)c1ncnn2cc(Br)cc12. The molecular formula is C10H13BrN4. The van der Waals surface area contributed by atoms with E-state index in [2.05, 4.69) is 44.8 Å². The number of hydrogen-bond acceptors (Lipinski definition) is 3. The summed E-state index contributed by atoms with van der Waals surface area (Å²) in [7, 11) is 0. The molecule has 15 heavy (non-hydrogen) atoms. The van der Waals surface area contributed by atoms with Crippen LogP contribution in [0.3, 0.4) is 0 Å². The zero-order valence-electron chi connectivity index (χ0n) is 8.81. The van der Waals surface area contributed by atoms with Gasteiger partial charge >= 0.3 is 0 Å². The topological polar surface area (TPSA) is 33.4 Å². The summed E-state index contributed by atoms with van der Waals surface area (Å²) >= 11 is 3.44. The van der Waals surface area contributed by atoms with E-state index in [1.807, 2.05) is 16.8 Å². The van der Waals surface area contributed by atoms with Crippen LogP contribution in [0.4, 0.5) is 5.82 Å². The molecule has 0 fully saturated rings. The van der Waals surface area contributed by atoms with E-state index < -0.39 is 0 Å². The lowest BCUT2D eigenvalue weighted by atomic mass is 10.4. The number of aromatic nitrogens is 3. The lowest BCUT2D eigenvalue weighted by molar-refractivity contribution is 0.819. The zero-order valence-corrected chi connectivity index (χ0v) is 10.4. The van der Waals surface area contributed by atoms with E-state index in [1.165, 1.54) is 0 Å². The summed E-state index contributed by atoms with van der Waals surface area (Å²) in [6.45, 7) is 6.15. The monoisotopic (exact) mass is 268 g/mol. The van der Waals surface area contributed by atoms with Crippen molar-refractivity contribution in [1.29, 1.82) is 0 Å². The third-order valence-electron chi connectivity index (χ3n) is 2.42. The van der Waals surface area contributed by atoms with E-state index in [9.17, 15) is 0 Å². The van der Waals surface area contributed by atoms with Crippen LogP contribution in [0.1, 0.15) is 13.8 Å². The third kappa shape index (κ3) is 1.84. The molecule has 2 rings (SSSR count). The quantitative estimate of drug-likeness (QED) is 0.857. The molecule has 4 nitrogen and oxygen atoms in total. The van der Waals surface area contributed by atoms with E-state index in [0.29, 0.717) is 0 Å². The van der Waals surface area contributed by atoms with Crippen LogP contribution >= 0.6 is 15.9 Å². The number of nitrogens with zero attached hydrogens (tertiary/aromatic N) is 4. The van der Waals surface area contributed by atoms with Gasteiger partial charge in [0.15, 0.2) is 5.82 Å². The molecule has 0 aliphatic heterocycles. The van der Waals surface area contributed by atoms with Crippen molar-refractivity contribution in [2.45, 2.75) is 13.8 Å². The van der Waals surface area contributed by atoms with Gasteiger partial charge in [0.05, 0.1) is 0 Å². The second-order valence-corrected chi connectivity index (χ2v) is 4.16. The molecule has 0 unspecified atom stereocenters. The Labute approximate surface area is 97.0 Å². The summed E-state index contributed by atoms with van der Waals surface area (Å²) in [4.78, 5) is 6.55. The molecule has 0 aliphatic carbocycles. The van der Waals surface area contributed by atoms with E-state index in [0.717, 1.165) is 28.9 Å². The molecule has 0 radical (unpaired) electrons. The largest absolute Gasteiger partial charge is 0.355 e. The van der Waals surface area contributed by atoms with Gasteiger partial charge in [0, 0.05) is 23.8 Å². The molecule has 2 aromatic heterocycles. The van der Waals surface area contributed by atoms with Crippen molar-refractivity contribution in [2.24, 2.45) is 0 Å². The van der Waals surface area contributed by atoms with Gasteiger partial charge in [-0.2, -0.15) is 5.10 Å². The first-order valence-corrected chi connectivity index (χ1v) is 5.79. The first-order chi connectivity index (χ1) is 7.26. The summed E-state index contributed by atoms with van der Waals surface area (Å²) in [5, 5.41) is 4.16. The Balaban J connectivity index is 2.58. The van der Waals surface area contributed by atoms with Crippen molar-refractivity contribution in [1.82, 2.24) is 14.6 Å². The summed E-state index contributed by atoms with van der Waals surface area (Å²) in [6, 6.07) is 2.04. The molecule has 0 aliphatic rings. The maximum atomic E-state index is 4.34. The number of hydrogen-bond donors (Lipinski definition) is 0. The molecule has 0 N–H and O–H groups in total. The van der Waals surface area contributed by atoms with Gasteiger partial charge in [0.1, 0.15) is 11.8 Å². The van der Waals surface area contributed by atoms with Crippen molar-refractivity contribution in [3.05, 3.63) is 23.1 Å². The molecule has 2 heterocycles. The van der Waals surface area contributed by atoms with Crippen LogP contribution in [0.15, 0.2) is 23.1 Å². The molecule has 0 saturated carbocycles. The standard InChI is InChI=1S/C10H13BrN4/c1-3-14(4-2)10-9-5-8(11)6-15(9)13-7-12-10/h5-7H,3-4H2,1-2H3. The average Bonchev–Trinajstić information content (AvgIpc) is 2.61. The van der Waals surface area contributed by atoms with Crippen LogP contribution in [0.2, 0.25) is 0 Å². The highest BCUT2D eigenvalue weighted by Gasteiger charge is 2.10. The second kappa shape index (κ2) is 4.18. The minimum atomic E-state index is 0.950. The number of rotatable bonds is 3. The Kier molecular flexibility index (Phi) is 2.90. The highest BCUT2D eigenvalue weighted by Crippen LogP contribution is 2.22. The van der Waals surface area contributed by atoms with Gasteiger partial charge in [0.25, 0.3) is 0 Å². The molecule has 5 heteroatoms. The van der Waals surface area contributed by atoms with Gasteiger partial charge in [-0.15, -0.1) is 0 Å². The van der Waals surface area contributed by atoms with Crippen LogP contribution in [0, 0.1) is 0 Å². The van der Waals surface area contributed by atoms with Gasteiger partial charge < -0.3 is 4.90 Å². The molecule has 0 bridgehead atoms. The fourth-order valence-corrected chi connectivity index (χ4v) is 2.06. The Bertz CT molecular complexity index is 461. The summed E-state index contributed by atoms with van der Waals surface area (Å²) in [5.74, 6) is 0.987. The third-order valence-corrected chi connectivity index (χ3v) is 2.85. The highest BCUT2D eigenvalue weighted by molar-refractivity contribution is 9.10. The van der Waals surface area contributed by atoms with Crippen LogP contribution in [0.25, 0.3) is 5.52 Å². The molecule has 0 saturated heterocycles. The Hall–Kier alpha value is -1.10. The summed E-state index contributed by atoms with van der Waals surface area (Å²) in [5.41, 5.74) is 1.04. The summed E-state index contributed by atoms with van der Waals surface area (Å²) in [6.07, 6.45) is 3.52. The van der Waals surface area contributed by atoms with Crippen molar-refractivity contribution in [2.75, 3.05) is 18.0 Å². The van der Waals surface area contributed by atoms with Crippen molar-refractivity contribution < 1.29 is 0 Å². The number of fused-ring (bicyclic) bond motifs is 1. The number of halogens is 1. The first-order valence-electron chi connectivity index (χ1n) is 5.00.